The van der Waals surface area contributed by atoms with Crippen LogP contribution in [0.3, 0.4) is 0 Å². The number of hydrogen-bond donors (Lipinski definition) is 2. The fourth-order valence-electron chi connectivity index (χ4n) is 2.16. The van der Waals surface area contributed by atoms with Crippen molar-refractivity contribution < 1.29 is 22.8 Å². The number of halogens is 3. The molecule has 0 radical (unpaired) electrons. The molecular formula is C16H14F3N3O2. The van der Waals surface area contributed by atoms with Gasteiger partial charge in [-0.1, -0.05) is 18.2 Å². The van der Waals surface area contributed by atoms with Crippen molar-refractivity contribution in [2.24, 2.45) is 5.73 Å². The van der Waals surface area contributed by atoms with Crippen LogP contribution in [0.2, 0.25) is 0 Å². The molecule has 1 atom stereocenters. The third-order valence-electron chi connectivity index (χ3n) is 3.32. The quantitative estimate of drug-likeness (QED) is 0.874. The molecule has 8 heteroatoms. The van der Waals surface area contributed by atoms with Gasteiger partial charge in [0.15, 0.2) is 0 Å². The summed E-state index contributed by atoms with van der Waals surface area (Å²) in [5.41, 5.74) is 4.40. The first-order valence-corrected chi connectivity index (χ1v) is 6.94. The van der Waals surface area contributed by atoms with E-state index in [0.717, 1.165) is 6.07 Å². The van der Waals surface area contributed by atoms with Gasteiger partial charge in [0.05, 0.1) is 11.1 Å². The van der Waals surface area contributed by atoms with Gasteiger partial charge in [-0.25, -0.2) is 0 Å². The first kappa shape index (κ1) is 17.5. The molecule has 2 rings (SSSR count). The maximum absolute atomic E-state index is 13.0. The minimum Gasteiger partial charge on any atom is -0.368 e. The molecule has 0 saturated heterocycles. The molecule has 5 nitrogen and oxygen atoms in total. The second-order valence-electron chi connectivity index (χ2n) is 5.03. The van der Waals surface area contributed by atoms with E-state index < -0.39 is 29.6 Å². The number of amides is 2. The Morgan fingerprint density at radius 2 is 1.88 bits per heavy atom. The summed E-state index contributed by atoms with van der Waals surface area (Å²) in [6.07, 6.45) is -2.19. The molecule has 126 valence electrons. The number of benzene rings is 1. The molecule has 1 aromatic heterocycles. The van der Waals surface area contributed by atoms with E-state index in [4.69, 9.17) is 5.73 Å². The summed E-state index contributed by atoms with van der Waals surface area (Å²) in [5.74, 6) is -1.57. The van der Waals surface area contributed by atoms with Crippen LogP contribution in [0.5, 0.6) is 0 Å². The molecule has 24 heavy (non-hydrogen) atoms. The number of alkyl halides is 3. The Labute approximate surface area is 135 Å². The second-order valence-corrected chi connectivity index (χ2v) is 5.03. The monoisotopic (exact) mass is 337 g/mol. The van der Waals surface area contributed by atoms with Crippen LogP contribution in [0.25, 0.3) is 0 Å². The normalized spacial score (nSPS) is 12.5. The number of hydrogen-bond acceptors (Lipinski definition) is 3. The third kappa shape index (κ3) is 4.31. The van der Waals surface area contributed by atoms with Crippen molar-refractivity contribution in [3.05, 3.63) is 65.5 Å². The highest BCUT2D eigenvalue weighted by Crippen LogP contribution is 2.32. The van der Waals surface area contributed by atoms with Crippen molar-refractivity contribution in [3.8, 4) is 0 Å². The van der Waals surface area contributed by atoms with Crippen LogP contribution in [-0.2, 0) is 17.4 Å². The van der Waals surface area contributed by atoms with Gasteiger partial charge < -0.3 is 11.1 Å². The molecule has 0 fully saturated rings. The van der Waals surface area contributed by atoms with Gasteiger partial charge in [0, 0.05) is 18.8 Å². The van der Waals surface area contributed by atoms with Crippen LogP contribution in [0, 0.1) is 0 Å². The maximum atomic E-state index is 13.0. The number of pyridine rings is 1. The smallest absolute Gasteiger partial charge is 0.368 e. The molecular weight excluding hydrogens is 323 g/mol. The second kappa shape index (κ2) is 7.12. The molecule has 0 aliphatic heterocycles. The lowest BCUT2D eigenvalue weighted by Gasteiger charge is -2.18. The first-order chi connectivity index (χ1) is 11.3. The molecule has 0 unspecified atom stereocenters. The SMILES string of the molecule is NC(=O)[C@@H](Cc1ccccc1C(F)(F)F)NC(=O)c1cccnc1. The summed E-state index contributed by atoms with van der Waals surface area (Å²) in [7, 11) is 0. The van der Waals surface area contributed by atoms with Crippen LogP contribution in [0.1, 0.15) is 21.5 Å². The van der Waals surface area contributed by atoms with Gasteiger partial charge in [-0.2, -0.15) is 13.2 Å². The zero-order valence-corrected chi connectivity index (χ0v) is 12.4. The van der Waals surface area contributed by atoms with E-state index in [-0.39, 0.29) is 17.5 Å². The number of aromatic nitrogens is 1. The fourth-order valence-corrected chi connectivity index (χ4v) is 2.16. The molecule has 0 aliphatic rings. The van der Waals surface area contributed by atoms with Crippen LogP contribution >= 0.6 is 0 Å². The van der Waals surface area contributed by atoms with E-state index in [1.807, 2.05) is 0 Å². The number of rotatable bonds is 5. The standard InChI is InChI=1S/C16H14F3N3O2/c17-16(18,19)12-6-2-1-4-10(12)8-13(14(20)23)22-15(24)11-5-3-7-21-9-11/h1-7,9,13H,8H2,(H2,20,23)(H,22,24)/t13-/m1/s1. The fraction of sp³-hybridized carbons (Fsp3) is 0.188. The number of nitrogens with zero attached hydrogens (tertiary/aromatic N) is 1. The van der Waals surface area contributed by atoms with Crippen molar-refractivity contribution in [1.82, 2.24) is 10.3 Å². The third-order valence-corrected chi connectivity index (χ3v) is 3.32. The average Bonchev–Trinajstić information content (AvgIpc) is 2.54. The minimum atomic E-state index is -4.56. The molecule has 0 saturated carbocycles. The highest BCUT2D eigenvalue weighted by molar-refractivity contribution is 5.97. The molecule has 1 heterocycles. The van der Waals surface area contributed by atoms with Gasteiger partial charge in [-0.15, -0.1) is 0 Å². The largest absolute Gasteiger partial charge is 0.416 e. The topological polar surface area (TPSA) is 85.1 Å². The summed E-state index contributed by atoms with van der Waals surface area (Å²) in [6.45, 7) is 0. The van der Waals surface area contributed by atoms with E-state index in [1.54, 1.807) is 0 Å². The van der Waals surface area contributed by atoms with E-state index >= 15 is 0 Å². The van der Waals surface area contributed by atoms with E-state index in [1.165, 1.54) is 42.7 Å². The number of primary amides is 1. The van der Waals surface area contributed by atoms with Gasteiger partial charge in [0.25, 0.3) is 5.91 Å². The number of carbonyl (C=O) groups excluding carboxylic acids is 2. The Bertz CT molecular complexity index is 733. The zero-order chi connectivity index (χ0) is 17.7. The molecule has 2 aromatic rings. The van der Waals surface area contributed by atoms with Crippen molar-refractivity contribution >= 4 is 11.8 Å². The lowest BCUT2D eigenvalue weighted by Crippen LogP contribution is -2.46. The van der Waals surface area contributed by atoms with Crippen molar-refractivity contribution in [3.63, 3.8) is 0 Å². The molecule has 0 spiro atoms. The van der Waals surface area contributed by atoms with Gasteiger partial charge in [-0.05, 0) is 23.8 Å². The Kier molecular flexibility index (Phi) is 5.18. The maximum Gasteiger partial charge on any atom is 0.416 e. The number of nitrogens with one attached hydrogen (secondary N) is 1. The first-order valence-electron chi connectivity index (χ1n) is 6.94. The lowest BCUT2D eigenvalue weighted by molar-refractivity contribution is -0.138. The van der Waals surface area contributed by atoms with Crippen LogP contribution < -0.4 is 11.1 Å². The van der Waals surface area contributed by atoms with Gasteiger partial charge in [0.1, 0.15) is 6.04 Å². The number of carbonyl (C=O) groups is 2. The Morgan fingerprint density at radius 3 is 2.46 bits per heavy atom. The van der Waals surface area contributed by atoms with Crippen LogP contribution in [0.4, 0.5) is 13.2 Å². The van der Waals surface area contributed by atoms with Crippen molar-refractivity contribution in [1.29, 1.82) is 0 Å². The summed E-state index contributed by atoms with van der Waals surface area (Å²) in [6, 6.07) is 6.54. The molecule has 2 amide bonds. The number of nitrogens with two attached hydrogens (primary N) is 1. The van der Waals surface area contributed by atoms with Crippen LogP contribution in [-0.4, -0.2) is 22.8 Å². The lowest BCUT2D eigenvalue weighted by atomic mass is 9.99. The van der Waals surface area contributed by atoms with Gasteiger partial charge >= 0.3 is 6.18 Å². The van der Waals surface area contributed by atoms with E-state index in [2.05, 4.69) is 10.3 Å². The van der Waals surface area contributed by atoms with E-state index in [9.17, 15) is 22.8 Å². The summed E-state index contributed by atoms with van der Waals surface area (Å²) >= 11 is 0. The molecule has 0 bridgehead atoms. The van der Waals surface area contributed by atoms with Gasteiger partial charge in [0.2, 0.25) is 5.91 Å². The highest BCUT2D eigenvalue weighted by atomic mass is 19.4. The Morgan fingerprint density at radius 1 is 1.17 bits per heavy atom. The minimum absolute atomic E-state index is 0.125. The molecule has 3 N–H and O–H groups in total. The Hall–Kier alpha value is -2.90. The Balaban J connectivity index is 2.22. The predicted molar refractivity (Wildman–Crippen MR) is 79.8 cm³/mol. The van der Waals surface area contributed by atoms with Crippen molar-refractivity contribution in [2.45, 2.75) is 18.6 Å². The van der Waals surface area contributed by atoms with Crippen LogP contribution in [0.15, 0.2) is 48.8 Å². The van der Waals surface area contributed by atoms with Crippen molar-refractivity contribution in [2.75, 3.05) is 0 Å². The molecule has 1 aromatic carbocycles. The summed E-state index contributed by atoms with van der Waals surface area (Å²) in [5, 5.41) is 2.34. The predicted octanol–water partition coefficient (Wildman–Crippen LogP) is 1.93. The highest BCUT2D eigenvalue weighted by Gasteiger charge is 2.34. The average molecular weight is 337 g/mol. The van der Waals surface area contributed by atoms with E-state index in [0.29, 0.717) is 0 Å². The molecule has 0 aliphatic carbocycles. The zero-order valence-electron chi connectivity index (χ0n) is 12.4. The van der Waals surface area contributed by atoms with Gasteiger partial charge in [-0.3, -0.25) is 14.6 Å². The summed E-state index contributed by atoms with van der Waals surface area (Å²) in [4.78, 5) is 27.4. The summed E-state index contributed by atoms with van der Waals surface area (Å²) < 4.78 is 39.0.